The zero-order chi connectivity index (χ0) is 18.2. The molecule has 0 saturated heterocycles. The summed E-state index contributed by atoms with van der Waals surface area (Å²) < 4.78 is 50.4. The molecule has 0 bridgehead atoms. The number of hydrogen-bond donors (Lipinski definition) is 2. The Hall–Kier alpha value is -2.29. The number of sulfonamides is 1. The number of nitrogens with one attached hydrogen (secondary N) is 1. The van der Waals surface area contributed by atoms with Crippen molar-refractivity contribution >= 4 is 46.2 Å². The highest BCUT2D eigenvalue weighted by Crippen LogP contribution is 2.34. The molecular weight excluding hydrogens is 386 g/mol. The molecule has 3 aromatic rings. The van der Waals surface area contributed by atoms with Crippen LogP contribution in [0.4, 0.5) is 5.69 Å². The standard InChI is InChI=1S/C16H12ClNO5S2/c17-24(20,21)12-5-3-6-13(10-12)25(22,23)18-16-14-7-2-1-4-11(14)8-9-15(16)19/h1-10,18-19H. The Morgan fingerprint density at radius 3 is 2.24 bits per heavy atom. The van der Waals surface area contributed by atoms with Gasteiger partial charge in [0.05, 0.1) is 15.5 Å². The third-order valence-corrected chi connectivity index (χ3v) is 6.24. The average Bonchev–Trinajstić information content (AvgIpc) is 2.57. The van der Waals surface area contributed by atoms with Crippen LogP contribution in [0, 0.1) is 0 Å². The number of phenols is 1. The first-order chi connectivity index (χ1) is 11.7. The minimum Gasteiger partial charge on any atom is -0.506 e. The first-order valence-corrected chi connectivity index (χ1v) is 10.8. The van der Waals surface area contributed by atoms with Crippen LogP contribution in [0.1, 0.15) is 0 Å². The Morgan fingerprint density at radius 1 is 0.840 bits per heavy atom. The molecule has 0 aliphatic heterocycles. The maximum atomic E-state index is 12.6. The van der Waals surface area contributed by atoms with Gasteiger partial charge in [-0.3, -0.25) is 4.72 Å². The summed E-state index contributed by atoms with van der Waals surface area (Å²) in [5.74, 6) is -0.247. The van der Waals surface area contributed by atoms with Gasteiger partial charge in [-0.2, -0.15) is 0 Å². The fraction of sp³-hybridized carbons (Fsp3) is 0. The molecule has 0 aliphatic rings. The molecule has 9 heteroatoms. The summed E-state index contributed by atoms with van der Waals surface area (Å²) in [7, 11) is -2.95. The van der Waals surface area contributed by atoms with Gasteiger partial charge >= 0.3 is 0 Å². The van der Waals surface area contributed by atoms with Crippen LogP contribution in [-0.2, 0) is 19.1 Å². The highest BCUT2D eigenvalue weighted by atomic mass is 35.7. The Balaban J connectivity index is 2.11. The van der Waals surface area contributed by atoms with E-state index in [1.807, 2.05) is 0 Å². The normalized spacial score (nSPS) is 12.2. The number of halogens is 1. The van der Waals surface area contributed by atoms with Crippen LogP contribution in [-0.4, -0.2) is 21.9 Å². The summed E-state index contributed by atoms with van der Waals surface area (Å²) in [6, 6.07) is 14.6. The van der Waals surface area contributed by atoms with E-state index in [0.29, 0.717) is 5.39 Å². The van der Waals surface area contributed by atoms with Gasteiger partial charge in [0.25, 0.3) is 19.1 Å². The van der Waals surface area contributed by atoms with E-state index in [0.717, 1.165) is 11.5 Å². The summed E-state index contributed by atoms with van der Waals surface area (Å²) in [6.07, 6.45) is 0. The molecule has 0 aliphatic carbocycles. The molecule has 0 aromatic heterocycles. The van der Waals surface area contributed by atoms with Gasteiger partial charge in [0.15, 0.2) is 0 Å². The Labute approximate surface area is 149 Å². The number of fused-ring (bicyclic) bond motifs is 1. The summed E-state index contributed by atoms with van der Waals surface area (Å²) in [5, 5.41) is 11.3. The zero-order valence-corrected chi connectivity index (χ0v) is 14.9. The smallest absolute Gasteiger partial charge is 0.262 e. The second-order valence-electron chi connectivity index (χ2n) is 5.20. The van der Waals surface area contributed by atoms with Gasteiger partial charge in [-0.25, -0.2) is 16.8 Å². The van der Waals surface area contributed by atoms with Gasteiger partial charge in [-0.05, 0) is 29.7 Å². The molecule has 0 unspecified atom stereocenters. The Morgan fingerprint density at radius 2 is 1.52 bits per heavy atom. The molecule has 0 heterocycles. The fourth-order valence-electron chi connectivity index (χ4n) is 2.35. The minimum absolute atomic E-state index is 0.0113. The maximum absolute atomic E-state index is 12.6. The van der Waals surface area contributed by atoms with E-state index >= 15 is 0 Å². The number of hydrogen-bond acceptors (Lipinski definition) is 5. The third kappa shape index (κ3) is 3.55. The minimum atomic E-state index is -4.14. The van der Waals surface area contributed by atoms with Crippen molar-refractivity contribution in [3.05, 3.63) is 60.7 Å². The van der Waals surface area contributed by atoms with Gasteiger partial charge in [0.2, 0.25) is 0 Å². The highest BCUT2D eigenvalue weighted by Gasteiger charge is 2.20. The van der Waals surface area contributed by atoms with Crippen LogP contribution < -0.4 is 4.72 Å². The van der Waals surface area contributed by atoms with Crippen molar-refractivity contribution in [1.82, 2.24) is 0 Å². The largest absolute Gasteiger partial charge is 0.506 e. The molecule has 0 radical (unpaired) electrons. The molecule has 130 valence electrons. The molecular formula is C16H12ClNO5S2. The van der Waals surface area contributed by atoms with Gasteiger partial charge in [-0.15, -0.1) is 0 Å². The molecule has 0 spiro atoms. The molecule has 0 amide bonds. The number of phenolic OH excluding ortho intramolecular Hbond substituents is 1. The number of benzene rings is 3. The van der Waals surface area contributed by atoms with Crippen molar-refractivity contribution in [2.45, 2.75) is 9.79 Å². The summed E-state index contributed by atoms with van der Waals surface area (Å²) in [4.78, 5) is -0.624. The predicted molar refractivity (Wildman–Crippen MR) is 95.9 cm³/mol. The van der Waals surface area contributed by atoms with Gasteiger partial charge in [-0.1, -0.05) is 36.4 Å². The first kappa shape index (κ1) is 17.5. The monoisotopic (exact) mass is 397 g/mol. The van der Waals surface area contributed by atoms with E-state index in [4.69, 9.17) is 10.7 Å². The van der Waals surface area contributed by atoms with Crippen molar-refractivity contribution in [3.63, 3.8) is 0 Å². The van der Waals surface area contributed by atoms with E-state index in [2.05, 4.69) is 4.72 Å². The van der Waals surface area contributed by atoms with E-state index in [1.165, 1.54) is 24.3 Å². The Bertz CT molecular complexity index is 1170. The van der Waals surface area contributed by atoms with Gasteiger partial charge < -0.3 is 5.11 Å². The zero-order valence-electron chi connectivity index (χ0n) is 12.5. The van der Waals surface area contributed by atoms with Crippen molar-refractivity contribution < 1.29 is 21.9 Å². The third-order valence-electron chi connectivity index (χ3n) is 3.54. The predicted octanol–water partition coefficient (Wildman–Crippen LogP) is 3.27. The molecule has 25 heavy (non-hydrogen) atoms. The Kier molecular flexibility index (Phi) is 4.36. The quantitative estimate of drug-likeness (QED) is 0.519. The average molecular weight is 398 g/mol. The highest BCUT2D eigenvalue weighted by molar-refractivity contribution is 8.13. The molecule has 0 saturated carbocycles. The lowest BCUT2D eigenvalue weighted by atomic mass is 10.1. The molecule has 0 fully saturated rings. The van der Waals surface area contributed by atoms with Crippen LogP contribution in [0.25, 0.3) is 10.8 Å². The summed E-state index contributed by atoms with van der Waals surface area (Å²) in [6.45, 7) is 0. The van der Waals surface area contributed by atoms with Crippen LogP contribution in [0.15, 0.2) is 70.5 Å². The lowest BCUT2D eigenvalue weighted by Gasteiger charge is -2.13. The summed E-state index contributed by atoms with van der Waals surface area (Å²) in [5.41, 5.74) is 0.0113. The first-order valence-electron chi connectivity index (χ1n) is 6.97. The van der Waals surface area contributed by atoms with Crippen molar-refractivity contribution in [3.8, 4) is 5.75 Å². The van der Waals surface area contributed by atoms with Crippen molar-refractivity contribution in [1.29, 1.82) is 0 Å². The number of anilines is 1. The van der Waals surface area contributed by atoms with E-state index in [-0.39, 0.29) is 21.2 Å². The second-order valence-corrected chi connectivity index (χ2v) is 9.45. The summed E-state index contributed by atoms with van der Waals surface area (Å²) >= 11 is 0. The molecule has 3 aromatic carbocycles. The van der Waals surface area contributed by atoms with Gasteiger partial charge in [0, 0.05) is 16.1 Å². The van der Waals surface area contributed by atoms with Gasteiger partial charge in [0.1, 0.15) is 5.75 Å². The SMILES string of the molecule is O=S(=O)(Cl)c1cccc(S(=O)(=O)Nc2c(O)ccc3ccccc23)c1. The van der Waals surface area contributed by atoms with Crippen LogP contribution in [0.2, 0.25) is 0 Å². The molecule has 3 rings (SSSR count). The lowest BCUT2D eigenvalue weighted by Crippen LogP contribution is -2.13. The topological polar surface area (TPSA) is 101 Å². The van der Waals surface area contributed by atoms with Crippen LogP contribution in [0.5, 0.6) is 5.75 Å². The number of rotatable bonds is 4. The van der Waals surface area contributed by atoms with Crippen molar-refractivity contribution in [2.24, 2.45) is 0 Å². The van der Waals surface area contributed by atoms with Crippen molar-refractivity contribution in [2.75, 3.05) is 4.72 Å². The lowest BCUT2D eigenvalue weighted by molar-refractivity contribution is 0.478. The fourth-order valence-corrected chi connectivity index (χ4v) is 4.37. The molecule has 0 atom stereocenters. The number of aromatic hydroxyl groups is 1. The van der Waals surface area contributed by atoms with E-state index < -0.39 is 19.1 Å². The van der Waals surface area contributed by atoms with E-state index in [9.17, 15) is 21.9 Å². The van der Waals surface area contributed by atoms with Crippen LogP contribution >= 0.6 is 10.7 Å². The molecule has 6 nitrogen and oxygen atoms in total. The van der Waals surface area contributed by atoms with Crippen LogP contribution in [0.3, 0.4) is 0 Å². The molecule has 2 N–H and O–H groups in total. The maximum Gasteiger partial charge on any atom is 0.262 e. The second kappa shape index (κ2) is 6.21. The van der Waals surface area contributed by atoms with E-state index in [1.54, 1.807) is 30.3 Å².